The summed E-state index contributed by atoms with van der Waals surface area (Å²) in [4.78, 5) is 3.79. The summed E-state index contributed by atoms with van der Waals surface area (Å²) in [5.74, 6) is 0.0971. The van der Waals surface area contributed by atoms with Crippen molar-refractivity contribution in [2.45, 2.75) is 32.4 Å². The van der Waals surface area contributed by atoms with Crippen molar-refractivity contribution in [3.05, 3.63) is 29.8 Å². The molecule has 1 N–H and O–H groups in total. The van der Waals surface area contributed by atoms with Crippen molar-refractivity contribution in [1.29, 1.82) is 0 Å². The average Bonchev–Trinajstić information content (AvgIpc) is 2.74. The predicted molar refractivity (Wildman–Crippen MR) is 64.1 cm³/mol. The number of halogens is 1. The maximum atomic E-state index is 13.8. The molecule has 0 bridgehead atoms. The zero-order chi connectivity index (χ0) is 12.3. The second kappa shape index (κ2) is 5.56. The highest BCUT2D eigenvalue weighted by molar-refractivity contribution is 5.19. The number of pyridine rings is 1. The molecule has 1 fully saturated rings. The van der Waals surface area contributed by atoms with Crippen LogP contribution in [0.3, 0.4) is 0 Å². The Morgan fingerprint density at radius 1 is 1.65 bits per heavy atom. The summed E-state index contributed by atoms with van der Waals surface area (Å²) in [6.07, 6.45) is 4.16. The lowest BCUT2D eigenvalue weighted by Crippen LogP contribution is -2.29. The first-order valence-corrected chi connectivity index (χ1v) is 6.16. The third kappa shape index (κ3) is 2.82. The van der Waals surface area contributed by atoms with Gasteiger partial charge < -0.3 is 10.1 Å². The summed E-state index contributed by atoms with van der Waals surface area (Å²) in [5, 5.41) is 3.35. The van der Waals surface area contributed by atoms with Gasteiger partial charge in [-0.3, -0.25) is 4.98 Å². The summed E-state index contributed by atoms with van der Waals surface area (Å²) in [7, 11) is 0. The third-order valence-electron chi connectivity index (χ3n) is 3.26. The minimum atomic E-state index is -0.238. The summed E-state index contributed by atoms with van der Waals surface area (Å²) < 4.78 is 19.3. The number of nitrogens with one attached hydrogen (secondary N) is 1. The van der Waals surface area contributed by atoms with E-state index in [0.717, 1.165) is 13.0 Å². The summed E-state index contributed by atoms with van der Waals surface area (Å²) >= 11 is 0. The van der Waals surface area contributed by atoms with Crippen LogP contribution in [-0.4, -0.2) is 24.2 Å². The molecule has 2 heterocycles. The Morgan fingerprint density at radius 2 is 2.47 bits per heavy atom. The third-order valence-corrected chi connectivity index (χ3v) is 3.26. The fourth-order valence-corrected chi connectivity index (χ4v) is 2.47. The van der Waals surface area contributed by atoms with Crippen molar-refractivity contribution in [3.63, 3.8) is 0 Å². The Bertz CT molecular complexity index is 372. The molecule has 1 aromatic rings. The van der Waals surface area contributed by atoms with Gasteiger partial charge in [0.2, 0.25) is 0 Å². The Kier molecular flexibility index (Phi) is 4.07. The minimum absolute atomic E-state index is 0.0212. The van der Waals surface area contributed by atoms with Gasteiger partial charge in [-0.05, 0) is 26.0 Å². The molecule has 2 rings (SSSR count). The maximum absolute atomic E-state index is 13.8. The first kappa shape index (κ1) is 12.5. The Hall–Kier alpha value is -1.00. The van der Waals surface area contributed by atoms with Crippen LogP contribution in [0.4, 0.5) is 4.39 Å². The van der Waals surface area contributed by atoms with Gasteiger partial charge in [-0.1, -0.05) is 6.92 Å². The average molecular weight is 238 g/mol. The van der Waals surface area contributed by atoms with Crippen molar-refractivity contribution in [2.24, 2.45) is 5.92 Å². The molecule has 0 amide bonds. The van der Waals surface area contributed by atoms with Crippen LogP contribution in [0.2, 0.25) is 0 Å². The van der Waals surface area contributed by atoms with Gasteiger partial charge in [-0.15, -0.1) is 0 Å². The molecule has 1 aliphatic rings. The number of nitrogens with zero attached hydrogens (tertiary/aromatic N) is 1. The van der Waals surface area contributed by atoms with Crippen LogP contribution >= 0.6 is 0 Å². The molecule has 4 heteroatoms. The number of rotatable bonds is 4. The monoisotopic (exact) mass is 238 g/mol. The van der Waals surface area contributed by atoms with E-state index < -0.39 is 0 Å². The Balaban J connectivity index is 2.20. The number of hydrogen-bond donors (Lipinski definition) is 1. The topological polar surface area (TPSA) is 34.2 Å². The van der Waals surface area contributed by atoms with Gasteiger partial charge >= 0.3 is 0 Å². The second-order valence-electron chi connectivity index (χ2n) is 4.57. The number of hydrogen-bond acceptors (Lipinski definition) is 3. The second-order valence-corrected chi connectivity index (χ2v) is 4.57. The highest BCUT2D eigenvalue weighted by atomic mass is 19.1. The molecular formula is C13H19FN2O. The molecule has 1 saturated heterocycles. The Labute approximate surface area is 101 Å². The van der Waals surface area contributed by atoms with Gasteiger partial charge in [0, 0.05) is 23.7 Å². The van der Waals surface area contributed by atoms with Crippen LogP contribution < -0.4 is 5.32 Å². The van der Waals surface area contributed by atoms with Gasteiger partial charge in [-0.2, -0.15) is 0 Å². The van der Waals surface area contributed by atoms with Crippen molar-refractivity contribution in [1.82, 2.24) is 10.3 Å². The van der Waals surface area contributed by atoms with Gasteiger partial charge in [0.15, 0.2) is 0 Å². The molecule has 17 heavy (non-hydrogen) atoms. The van der Waals surface area contributed by atoms with Crippen molar-refractivity contribution >= 4 is 0 Å². The summed E-state index contributed by atoms with van der Waals surface area (Å²) in [6, 6.07) is 1.78. The first-order chi connectivity index (χ1) is 8.22. The zero-order valence-electron chi connectivity index (χ0n) is 10.3. The van der Waals surface area contributed by atoms with E-state index >= 15 is 0 Å². The van der Waals surface area contributed by atoms with E-state index in [9.17, 15) is 4.39 Å². The lowest BCUT2D eigenvalue weighted by molar-refractivity contribution is 0.116. The fraction of sp³-hybridized carbons (Fsp3) is 0.615. The molecule has 3 nitrogen and oxygen atoms in total. The number of ether oxygens (including phenoxy) is 1. The molecule has 94 valence electrons. The van der Waals surface area contributed by atoms with Crippen LogP contribution in [0, 0.1) is 11.7 Å². The maximum Gasteiger partial charge on any atom is 0.146 e. The van der Waals surface area contributed by atoms with Crippen molar-refractivity contribution < 1.29 is 9.13 Å². The van der Waals surface area contributed by atoms with E-state index in [4.69, 9.17) is 4.74 Å². The molecule has 1 aliphatic heterocycles. The molecule has 3 atom stereocenters. The zero-order valence-corrected chi connectivity index (χ0v) is 10.3. The van der Waals surface area contributed by atoms with Crippen LogP contribution in [0.25, 0.3) is 0 Å². The van der Waals surface area contributed by atoms with E-state index in [0.29, 0.717) is 18.1 Å². The van der Waals surface area contributed by atoms with Crippen molar-refractivity contribution in [3.8, 4) is 0 Å². The highest BCUT2D eigenvalue weighted by Gasteiger charge is 2.31. The van der Waals surface area contributed by atoms with Gasteiger partial charge in [0.25, 0.3) is 0 Å². The SMILES string of the molecule is CCNC(c1ccncc1F)C1COC(C)C1. The molecular weight excluding hydrogens is 219 g/mol. The molecule has 0 spiro atoms. The van der Waals surface area contributed by atoms with E-state index in [-0.39, 0.29) is 18.0 Å². The smallest absolute Gasteiger partial charge is 0.146 e. The largest absolute Gasteiger partial charge is 0.378 e. The van der Waals surface area contributed by atoms with Crippen LogP contribution in [0.1, 0.15) is 31.9 Å². The molecule has 0 radical (unpaired) electrons. The van der Waals surface area contributed by atoms with Crippen LogP contribution in [-0.2, 0) is 4.74 Å². The number of aromatic nitrogens is 1. The van der Waals surface area contributed by atoms with Gasteiger partial charge in [0.05, 0.1) is 18.9 Å². The van der Waals surface area contributed by atoms with Gasteiger partial charge in [-0.25, -0.2) is 4.39 Å². The fourth-order valence-electron chi connectivity index (χ4n) is 2.47. The van der Waals surface area contributed by atoms with E-state index in [2.05, 4.69) is 17.2 Å². The van der Waals surface area contributed by atoms with E-state index in [1.807, 2.05) is 6.92 Å². The quantitative estimate of drug-likeness (QED) is 0.874. The lowest BCUT2D eigenvalue weighted by Gasteiger charge is -2.24. The van der Waals surface area contributed by atoms with E-state index in [1.165, 1.54) is 6.20 Å². The normalized spacial score (nSPS) is 26.1. The van der Waals surface area contributed by atoms with Gasteiger partial charge in [0.1, 0.15) is 5.82 Å². The molecule has 1 aromatic heterocycles. The molecule has 0 saturated carbocycles. The minimum Gasteiger partial charge on any atom is -0.378 e. The van der Waals surface area contributed by atoms with Crippen LogP contribution in [0.15, 0.2) is 18.5 Å². The van der Waals surface area contributed by atoms with Crippen molar-refractivity contribution in [2.75, 3.05) is 13.2 Å². The summed E-state index contributed by atoms with van der Waals surface area (Å²) in [5.41, 5.74) is 0.699. The first-order valence-electron chi connectivity index (χ1n) is 6.16. The lowest BCUT2D eigenvalue weighted by atomic mass is 9.91. The highest BCUT2D eigenvalue weighted by Crippen LogP contribution is 2.32. The molecule has 0 aromatic carbocycles. The predicted octanol–water partition coefficient (Wildman–Crippen LogP) is 2.30. The summed E-state index contributed by atoms with van der Waals surface area (Å²) in [6.45, 7) is 5.61. The Morgan fingerprint density at radius 3 is 3.06 bits per heavy atom. The standard InChI is InChI=1S/C13H19FN2O/c1-3-16-13(10-6-9(2)17-8-10)11-4-5-15-7-12(11)14/h4-5,7,9-10,13,16H,3,6,8H2,1-2H3. The van der Waals surface area contributed by atoms with E-state index in [1.54, 1.807) is 12.3 Å². The van der Waals surface area contributed by atoms with Crippen LogP contribution in [0.5, 0.6) is 0 Å². The molecule has 0 aliphatic carbocycles. The molecule has 3 unspecified atom stereocenters.